The summed E-state index contributed by atoms with van der Waals surface area (Å²) in [5, 5.41) is 0. The molecule has 6 heteroatoms. The SMILES string of the molecule is CCCCOc1ccc([C@H]2C(C(=O)OCC)=C(N)OC3=C2C(=O)CCC3)cc1. The summed E-state index contributed by atoms with van der Waals surface area (Å²) in [6, 6.07) is 7.45. The first-order valence-corrected chi connectivity index (χ1v) is 9.90. The van der Waals surface area contributed by atoms with E-state index in [9.17, 15) is 9.59 Å². The molecule has 1 atom stereocenters. The van der Waals surface area contributed by atoms with Crippen LogP contribution in [0.4, 0.5) is 0 Å². The van der Waals surface area contributed by atoms with Gasteiger partial charge in [-0.05, 0) is 37.5 Å². The van der Waals surface area contributed by atoms with Crippen LogP contribution in [-0.4, -0.2) is 25.0 Å². The Balaban J connectivity index is 1.98. The molecule has 0 spiro atoms. The third-order valence-corrected chi connectivity index (χ3v) is 4.96. The molecular weight excluding hydrogens is 358 g/mol. The molecule has 1 aromatic carbocycles. The minimum absolute atomic E-state index is 0.0104. The van der Waals surface area contributed by atoms with Gasteiger partial charge in [0.2, 0.25) is 5.88 Å². The lowest BCUT2D eigenvalue weighted by atomic mass is 9.77. The minimum atomic E-state index is -0.583. The second kappa shape index (κ2) is 8.95. The maximum atomic E-state index is 12.7. The lowest BCUT2D eigenvalue weighted by Gasteiger charge is -2.32. The van der Waals surface area contributed by atoms with Crippen LogP contribution in [0.2, 0.25) is 0 Å². The van der Waals surface area contributed by atoms with E-state index in [1.165, 1.54) is 0 Å². The summed E-state index contributed by atoms with van der Waals surface area (Å²) in [7, 11) is 0. The number of carbonyl (C=O) groups excluding carboxylic acids is 2. The maximum Gasteiger partial charge on any atom is 0.340 e. The number of hydrogen-bond donors (Lipinski definition) is 1. The van der Waals surface area contributed by atoms with E-state index in [4.69, 9.17) is 19.9 Å². The average Bonchev–Trinajstić information content (AvgIpc) is 2.68. The number of Topliss-reactive ketones (excluding diaryl/α,β-unsaturated/α-hetero) is 1. The van der Waals surface area contributed by atoms with Gasteiger partial charge in [-0.25, -0.2) is 4.79 Å². The van der Waals surface area contributed by atoms with E-state index < -0.39 is 11.9 Å². The first-order valence-electron chi connectivity index (χ1n) is 9.90. The Morgan fingerprint density at radius 2 is 1.96 bits per heavy atom. The number of carbonyl (C=O) groups is 2. The van der Waals surface area contributed by atoms with Crippen molar-refractivity contribution >= 4 is 11.8 Å². The number of esters is 1. The zero-order chi connectivity index (χ0) is 20.1. The largest absolute Gasteiger partial charge is 0.494 e. The minimum Gasteiger partial charge on any atom is -0.494 e. The molecule has 1 aliphatic heterocycles. The number of ether oxygens (including phenoxy) is 3. The summed E-state index contributed by atoms with van der Waals surface area (Å²) >= 11 is 0. The number of unbranched alkanes of at least 4 members (excludes halogenated alkanes) is 1. The van der Waals surface area contributed by atoms with Gasteiger partial charge in [0.05, 0.1) is 19.1 Å². The summed E-state index contributed by atoms with van der Waals surface area (Å²) in [4.78, 5) is 25.3. The van der Waals surface area contributed by atoms with Crippen molar-refractivity contribution < 1.29 is 23.8 Å². The molecule has 0 aromatic heterocycles. The van der Waals surface area contributed by atoms with Gasteiger partial charge in [0, 0.05) is 18.4 Å². The van der Waals surface area contributed by atoms with Crippen molar-refractivity contribution in [1.82, 2.24) is 0 Å². The number of hydrogen-bond acceptors (Lipinski definition) is 6. The van der Waals surface area contributed by atoms with Crippen molar-refractivity contribution in [3.05, 3.63) is 52.6 Å². The highest BCUT2D eigenvalue weighted by molar-refractivity contribution is 6.03. The Morgan fingerprint density at radius 1 is 1.21 bits per heavy atom. The molecule has 0 bridgehead atoms. The summed E-state index contributed by atoms with van der Waals surface area (Å²) in [6.07, 6.45) is 3.83. The van der Waals surface area contributed by atoms with Gasteiger partial charge in [0.25, 0.3) is 0 Å². The molecule has 0 saturated heterocycles. The molecule has 28 heavy (non-hydrogen) atoms. The fourth-order valence-electron chi connectivity index (χ4n) is 3.59. The number of nitrogens with two attached hydrogens (primary N) is 1. The van der Waals surface area contributed by atoms with Crippen LogP contribution >= 0.6 is 0 Å². The smallest absolute Gasteiger partial charge is 0.340 e. The van der Waals surface area contributed by atoms with E-state index >= 15 is 0 Å². The van der Waals surface area contributed by atoms with Crippen molar-refractivity contribution in [1.29, 1.82) is 0 Å². The molecule has 0 saturated carbocycles. The van der Waals surface area contributed by atoms with Gasteiger partial charge < -0.3 is 19.9 Å². The molecule has 0 amide bonds. The predicted molar refractivity (Wildman–Crippen MR) is 104 cm³/mol. The van der Waals surface area contributed by atoms with Crippen LogP contribution in [0.25, 0.3) is 0 Å². The Hall–Kier alpha value is -2.76. The van der Waals surface area contributed by atoms with Crippen LogP contribution in [0.1, 0.15) is 57.4 Å². The molecule has 1 heterocycles. The fourth-order valence-corrected chi connectivity index (χ4v) is 3.59. The number of allylic oxidation sites excluding steroid dienone is 2. The van der Waals surface area contributed by atoms with E-state index in [-0.39, 0.29) is 23.8 Å². The monoisotopic (exact) mass is 385 g/mol. The van der Waals surface area contributed by atoms with Crippen molar-refractivity contribution in [2.75, 3.05) is 13.2 Å². The van der Waals surface area contributed by atoms with Gasteiger partial charge in [-0.15, -0.1) is 0 Å². The molecule has 0 radical (unpaired) electrons. The molecular formula is C22H27NO5. The Bertz CT molecular complexity index is 807. The van der Waals surface area contributed by atoms with Gasteiger partial charge in [0.15, 0.2) is 5.78 Å². The van der Waals surface area contributed by atoms with E-state index in [2.05, 4.69) is 6.92 Å². The van der Waals surface area contributed by atoms with Gasteiger partial charge >= 0.3 is 5.97 Å². The van der Waals surface area contributed by atoms with Crippen LogP contribution in [0.5, 0.6) is 5.75 Å². The summed E-state index contributed by atoms with van der Waals surface area (Å²) in [5.74, 6) is 0.181. The number of benzene rings is 1. The second-order valence-electron chi connectivity index (χ2n) is 6.92. The highest BCUT2D eigenvalue weighted by Crippen LogP contribution is 2.44. The van der Waals surface area contributed by atoms with E-state index in [0.717, 1.165) is 30.6 Å². The molecule has 0 fully saturated rings. The third kappa shape index (κ3) is 4.06. The Kier molecular flexibility index (Phi) is 6.39. The number of ketones is 1. The first-order chi connectivity index (χ1) is 13.6. The van der Waals surface area contributed by atoms with Crippen molar-refractivity contribution in [3.8, 4) is 5.75 Å². The van der Waals surface area contributed by atoms with Crippen molar-refractivity contribution in [2.24, 2.45) is 5.73 Å². The summed E-state index contributed by atoms with van der Waals surface area (Å²) < 4.78 is 16.6. The molecule has 3 rings (SSSR count). The average molecular weight is 385 g/mol. The fraction of sp³-hybridized carbons (Fsp3) is 0.455. The molecule has 1 aromatic rings. The van der Waals surface area contributed by atoms with E-state index in [1.54, 1.807) is 6.92 Å². The maximum absolute atomic E-state index is 12.7. The highest BCUT2D eigenvalue weighted by Gasteiger charge is 2.41. The van der Waals surface area contributed by atoms with Crippen molar-refractivity contribution in [2.45, 2.75) is 51.9 Å². The molecule has 0 unspecified atom stereocenters. The predicted octanol–water partition coefficient (Wildman–Crippen LogP) is 3.72. The lowest BCUT2D eigenvalue weighted by Crippen LogP contribution is -2.31. The van der Waals surface area contributed by atoms with Gasteiger partial charge in [0.1, 0.15) is 17.1 Å². The zero-order valence-electron chi connectivity index (χ0n) is 16.5. The lowest BCUT2D eigenvalue weighted by molar-refractivity contribution is -0.139. The van der Waals surface area contributed by atoms with Gasteiger partial charge in [-0.1, -0.05) is 25.5 Å². The van der Waals surface area contributed by atoms with E-state index in [1.807, 2.05) is 24.3 Å². The zero-order valence-corrected chi connectivity index (χ0v) is 16.5. The van der Waals surface area contributed by atoms with Gasteiger partial charge in [-0.2, -0.15) is 0 Å². The van der Waals surface area contributed by atoms with Gasteiger partial charge in [-0.3, -0.25) is 4.79 Å². The number of rotatable bonds is 7. The normalized spacial score (nSPS) is 19.2. The Morgan fingerprint density at radius 3 is 2.64 bits per heavy atom. The second-order valence-corrected chi connectivity index (χ2v) is 6.92. The molecule has 2 N–H and O–H groups in total. The quantitative estimate of drug-likeness (QED) is 0.568. The Labute approximate surface area is 165 Å². The standard InChI is InChI=1S/C22H27NO5/c1-3-5-13-27-15-11-9-14(10-12-15)18-19-16(24)7-6-8-17(19)28-21(23)20(18)22(25)26-4-2/h9-12,18H,3-8,13,23H2,1-2H3/t18-/m1/s1. The van der Waals surface area contributed by atoms with Crippen LogP contribution in [-0.2, 0) is 19.1 Å². The first kappa shape index (κ1) is 20.0. The van der Waals surface area contributed by atoms with Crippen LogP contribution in [0.15, 0.2) is 47.1 Å². The van der Waals surface area contributed by atoms with Crippen LogP contribution in [0, 0.1) is 0 Å². The van der Waals surface area contributed by atoms with Crippen LogP contribution < -0.4 is 10.5 Å². The highest BCUT2D eigenvalue weighted by atomic mass is 16.5. The third-order valence-electron chi connectivity index (χ3n) is 4.96. The molecule has 1 aliphatic carbocycles. The summed E-state index contributed by atoms with van der Waals surface area (Å²) in [5.41, 5.74) is 7.59. The van der Waals surface area contributed by atoms with Crippen LogP contribution in [0.3, 0.4) is 0 Å². The van der Waals surface area contributed by atoms with Crippen molar-refractivity contribution in [3.63, 3.8) is 0 Å². The van der Waals surface area contributed by atoms with E-state index in [0.29, 0.717) is 30.8 Å². The molecule has 2 aliphatic rings. The summed E-state index contributed by atoms with van der Waals surface area (Å²) in [6.45, 7) is 4.71. The topological polar surface area (TPSA) is 87.8 Å². The molecule has 150 valence electrons. The molecule has 6 nitrogen and oxygen atoms in total.